The summed E-state index contributed by atoms with van der Waals surface area (Å²) in [4.78, 5) is 22.0. The number of rotatable bonds is 3. The molecule has 5 heteroatoms. The zero-order chi connectivity index (χ0) is 12.1. The van der Waals surface area contributed by atoms with E-state index >= 15 is 0 Å². The number of alkyl halides is 1. The third-order valence-corrected chi connectivity index (χ3v) is 2.19. The normalized spacial score (nSPS) is 11.7. The van der Waals surface area contributed by atoms with Crippen LogP contribution in [0.4, 0.5) is 0 Å². The summed E-state index contributed by atoms with van der Waals surface area (Å²) in [5, 5.41) is 0. The second-order valence-electron chi connectivity index (χ2n) is 3.05. The van der Waals surface area contributed by atoms with Crippen LogP contribution in [0.15, 0.2) is 24.3 Å². The molecule has 1 atom stereocenters. The molecule has 1 unspecified atom stereocenters. The molecule has 0 spiro atoms. The van der Waals surface area contributed by atoms with Gasteiger partial charge in [-0.05, 0) is 31.2 Å². The van der Waals surface area contributed by atoms with E-state index < -0.39 is 5.97 Å². The van der Waals surface area contributed by atoms with E-state index in [9.17, 15) is 9.59 Å². The zero-order valence-electron chi connectivity index (χ0n) is 8.90. The summed E-state index contributed by atoms with van der Waals surface area (Å²) in [6.45, 7) is 1.67. The van der Waals surface area contributed by atoms with E-state index in [1.165, 1.54) is 19.2 Å². The number of esters is 2. The second-order valence-corrected chi connectivity index (χ2v) is 4.43. The van der Waals surface area contributed by atoms with Crippen molar-refractivity contribution in [1.82, 2.24) is 0 Å². The number of halogens is 1. The van der Waals surface area contributed by atoms with Gasteiger partial charge in [0.15, 0.2) is 0 Å². The lowest BCUT2D eigenvalue weighted by Gasteiger charge is -2.06. The Bertz CT molecular complexity index is 383. The number of carbonyl (C=O) groups is 2. The van der Waals surface area contributed by atoms with Crippen molar-refractivity contribution in [2.45, 2.75) is 11.8 Å². The van der Waals surface area contributed by atoms with Crippen LogP contribution >= 0.6 is 15.9 Å². The molecule has 16 heavy (non-hydrogen) atoms. The second kappa shape index (κ2) is 5.65. The first-order chi connectivity index (χ1) is 7.54. The average Bonchev–Trinajstić information content (AvgIpc) is 2.28. The first-order valence-corrected chi connectivity index (χ1v) is 5.50. The van der Waals surface area contributed by atoms with Gasteiger partial charge in [0.05, 0.1) is 12.7 Å². The fourth-order valence-electron chi connectivity index (χ4n) is 0.974. The Labute approximate surface area is 102 Å². The monoisotopic (exact) mass is 286 g/mol. The lowest BCUT2D eigenvalue weighted by Crippen LogP contribution is -2.17. The van der Waals surface area contributed by atoms with E-state index in [-0.39, 0.29) is 10.8 Å². The Kier molecular flexibility index (Phi) is 4.49. The molecule has 0 aromatic heterocycles. The largest absolute Gasteiger partial charge is 0.465 e. The maximum Gasteiger partial charge on any atom is 0.337 e. The molecule has 0 aliphatic carbocycles. The minimum atomic E-state index is -0.424. The summed E-state index contributed by atoms with van der Waals surface area (Å²) in [6.07, 6.45) is 0. The molecule has 0 aliphatic heterocycles. The molecule has 0 bridgehead atoms. The molecule has 0 heterocycles. The molecule has 0 radical (unpaired) electrons. The Morgan fingerprint density at radius 3 is 2.25 bits per heavy atom. The van der Waals surface area contributed by atoms with Crippen molar-refractivity contribution in [3.8, 4) is 5.75 Å². The standard InChI is InChI=1S/C11H11BrO4/c1-7(12)10(13)16-9-5-3-8(4-6-9)11(14)15-2/h3-7H,1-2H3. The summed E-state index contributed by atoms with van der Waals surface area (Å²) in [5.41, 5.74) is 0.411. The predicted molar refractivity (Wildman–Crippen MR) is 61.8 cm³/mol. The number of benzene rings is 1. The van der Waals surface area contributed by atoms with Crippen LogP contribution in [0.25, 0.3) is 0 Å². The molecule has 0 fully saturated rings. The molecule has 86 valence electrons. The average molecular weight is 287 g/mol. The lowest BCUT2D eigenvalue weighted by atomic mass is 10.2. The van der Waals surface area contributed by atoms with Gasteiger partial charge in [-0.2, -0.15) is 0 Å². The minimum absolute atomic E-state index is 0.368. The molecular weight excluding hydrogens is 276 g/mol. The molecular formula is C11H11BrO4. The van der Waals surface area contributed by atoms with Crippen LogP contribution in [0, 0.1) is 0 Å². The minimum Gasteiger partial charge on any atom is -0.465 e. The Hall–Kier alpha value is -1.36. The van der Waals surface area contributed by atoms with Crippen molar-refractivity contribution >= 4 is 27.9 Å². The summed E-state index contributed by atoms with van der Waals surface area (Å²) in [6, 6.07) is 6.15. The third-order valence-electron chi connectivity index (χ3n) is 1.82. The van der Waals surface area contributed by atoms with Gasteiger partial charge in [-0.3, -0.25) is 4.79 Å². The van der Waals surface area contributed by atoms with Gasteiger partial charge >= 0.3 is 11.9 Å². The molecule has 0 saturated heterocycles. The Morgan fingerprint density at radius 2 is 1.81 bits per heavy atom. The van der Waals surface area contributed by atoms with E-state index in [0.717, 1.165) is 0 Å². The van der Waals surface area contributed by atoms with Crippen LogP contribution in [-0.2, 0) is 9.53 Å². The topological polar surface area (TPSA) is 52.6 Å². The van der Waals surface area contributed by atoms with Crippen LogP contribution in [0.3, 0.4) is 0 Å². The van der Waals surface area contributed by atoms with Gasteiger partial charge in [0.25, 0.3) is 0 Å². The van der Waals surface area contributed by atoms with Crippen LogP contribution in [0.2, 0.25) is 0 Å². The molecule has 1 aromatic carbocycles. The smallest absolute Gasteiger partial charge is 0.337 e. The third kappa shape index (κ3) is 3.34. The quantitative estimate of drug-likeness (QED) is 0.485. The van der Waals surface area contributed by atoms with Crippen LogP contribution in [-0.4, -0.2) is 23.9 Å². The first kappa shape index (κ1) is 12.7. The highest BCUT2D eigenvalue weighted by Gasteiger charge is 2.11. The first-order valence-electron chi connectivity index (χ1n) is 4.58. The maximum absolute atomic E-state index is 11.2. The van der Waals surface area contributed by atoms with Crippen molar-refractivity contribution in [3.63, 3.8) is 0 Å². The van der Waals surface area contributed by atoms with Gasteiger partial charge in [0.1, 0.15) is 10.6 Å². The highest BCUT2D eigenvalue weighted by Crippen LogP contribution is 2.14. The van der Waals surface area contributed by atoms with Crippen molar-refractivity contribution < 1.29 is 19.1 Å². The van der Waals surface area contributed by atoms with Gasteiger partial charge in [-0.25, -0.2) is 4.79 Å². The van der Waals surface area contributed by atoms with Crippen molar-refractivity contribution in [2.75, 3.05) is 7.11 Å². The molecule has 0 N–H and O–H groups in total. The fraction of sp³-hybridized carbons (Fsp3) is 0.273. The summed E-state index contributed by atoms with van der Waals surface area (Å²) < 4.78 is 9.55. The van der Waals surface area contributed by atoms with Crippen molar-refractivity contribution in [2.24, 2.45) is 0 Å². The molecule has 1 aromatic rings. The molecule has 0 amide bonds. The number of hydrogen-bond donors (Lipinski definition) is 0. The molecule has 4 nitrogen and oxygen atoms in total. The summed E-state index contributed by atoms with van der Waals surface area (Å²) in [5.74, 6) is -0.415. The van der Waals surface area contributed by atoms with Crippen molar-refractivity contribution in [3.05, 3.63) is 29.8 Å². The molecule has 0 saturated carbocycles. The van der Waals surface area contributed by atoms with E-state index in [2.05, 4.69) is 20.7 Å². The van der Waals surface area contributed by atoms with E-state index in [0.29, 0.717) is 11.3 Å². The highest BCUT2D eigenvalue weighted by atomic mass is 79.9. The van der Waals surface area contributed by atoms with Gasteiger partial charge < -0.3 is 9.47 Å². The molecule has 1 rings (SSSR count). The predicted octanol–water partition coefficient (Wildman–Crippen LogP) is 2.16. The van der Waals surface area contributed by atoms with Crippen LogP contribution in [0.1, 0.15) is 17.3 Å². The number of hydrogen-bond acceptors (Lipinski definition) is 4. The number of ether oxygens (including phenoxy) is 2. The Morgan fingerprint density at radius 1 is 1.25 bits per heavy atom. The van der Waals surface area contributed by atoms with E-state index in [1.807, 2.05) is 0 Å². The van der Waals surface area contributed by atoms with Gasteiger partial charge in [-0.1, -0.05) is 15.9 Å². The summed E-state index contributed by atoms with van der Waals surface area (Å²) >= 11 is 3.10. The van der Waals surface area contributed by atoms with Crippen LogP contribution in [0.5, 0.6) is 5.75 Å². The SMILES string of the molecule is COC(=O)c1ccc(OC(=O)C(C)Br)cc1. The van der Waals surface area contributed by atoms with Gasteiger partial charge in [-0.15, -0.1) is 0 Å². The van der Waals surface area contributed by atoms with Gasteiger partial charge in [0, 0.05) is 0 Å². The lowest BCUT2D eigenvalue weighted by molar-refractivity contribution is -0.133. The van der Waals surface area contributed by atoms with Gasteiger partial charge in [0.2, 0.25) is 0 Å². The van der Waals surface area contributed by atoms with E-state index in [1.54, 1.807) is 19.1 Å². The number of methoxy groups -OCH3 is 1. The van der Waals surface area contributed by atoms with E-state index in [4.69, 9.17) is 4.74 Å². The fourth-order valence-corrected chi connectivity index (χ4v) is 1.07. The van der Waals surface area contributed by atoms with Crippen molar-refractivity contribution in [1.29, 1.82) is 0 Å². The zero-order valence-corrected chi connectivity index (χ0v) is 10.5. The highest BCUT2D eigenvalue weighted by molar-refractivity contribution is 9.10. The summed E-state index contributed by atoms with van der Waals surface area (Å²) in [7, 11) is 1.31. The number of carbonyl (C=O) groups excluding carboxylic acids is 2. The Balaban J connectivity index is 2.72. The molecule has 0 aliphatic rings. The maximum atomic E-state index is 11.2. The van der Waals surface area contributed by atoms with Crippen LogP contribution < -0.4 is 4.74 Å².